The van der Waals surface area contributed by atoms with E-state index in [4.69, 9.17) is 0 Å². The first kappa shape index (κ1) is 15.1. The van der Waals surface area contributed by atoms with Crippen LogP contribution in [-0.4, -0.2) is 24.8 Å². The number of hydrogen-bond acceptors (Lipinski definition) is 3. The maximum absolute atomic E-state index is 12.1. The SMILES string of the molecule is CC1CNC(=O)N(c2ccc(OC(F)(F)F)cc2)C(=O)C1. The smallest absolute Gasteiger partial charge is 0.406 e. The number of rotatable bonds is 2. The zero-order valence-corrected chi connectivity index (χ0v) is 11.1. The van der Waals surface area contributed by atoms with Gasteiger partial charge in [-0.15, -0.1) is 13.2 Å². The molecule has 1 aromatic carbocycles. The third-order valence-corrected chi connectivity index (χ3v) is 2.91. The Bertz CT molecular complexity index is 543. The highest BCUT2D eigenvalue weighted by molar-refractivity contribution is 6.14. The van der Waals surface area contributed by atoms with Crippen LogP contribution in [0.15, 0.2) is 24.3 Å². The van der Waals surface area contributed by atoms with Crippen LogP contribution < -0.4 is 15.0 Å². The monoisotopic (exact) mass is 302 g/mol. The molecule has 1 atom stereocenters. The number of anilines is 1. The summed E-state index contributed by atoms with van der Waals surface area (Å²) in [5.74, 6) is -0.816. The second kappa shape index (κ2) is 5.63. The average molecular weight is 302 g/mol. The Morgan fingerprint density at radius 2 is 1.86 bits per heavy atom. The van der Waals surface area contributed by atoms with Gasteiger partial charge in [0.25, 0.3) is 0 Å². The molecule has 1 fully saturated rings. The molecule has 1 aliphatic rings. The molecule has 0 bridgehead atoms. The molecular weight excluding hydrogens is 289 g/mol. The number of halogens is 3. The predicted molar refractivity (Wildman–Crippen MR) is 67.8 cm³/mol. The van der Waals surface area contributed by atoms with Crippen LogP contribution in [-0.2, 0) is 4.79 Å². The Hall–Kier alpha value is -2.25. The fourth-order valence-corrected chi connectivity index (χ4v) is 1.97. The summed E-state index contributed by atoms with van der Waals surface area (Å²) in [5, 5.41) is 2.58. The fraction of sp³-hybridized carbons (Fsp3) is 0.385. The van der Waals surface area contributed by atoms with Gasteiger partial charge in [0.05, 0.1) is 5.69 Å². The Morgan fingerprint density at radius 3 is 2.43 bits per heavy atom. The van der Waals surface area contributed by atoms with Gasteiger partial charge in [-0.25, -0.2) is 9.69 Å². The molecule has 114 valence electrons. The van der Waals surface area contributed by atoms with Gasteiger partial charge in [-0.2, -0.15) is 0 Å². The van der Waals surface area contributed by atoms with Crippen molar-refractivity contribution >= 4 is 17.6 Å². The Labute approximate surface area is 118 Å². The second-order valence-electron chi connectivity index (χ2n) is 4.77. The van der Waals surface area contributed by atoms with Crippen LogP contribution in [0.1, 0.15) is 13.3 Å². The van der Waals surface area contributed by atoms with Gasteiger partial charge < -0.3 is 10.1 Å². The lowest BCUT2D eigenvalue weighted by molar-refractivity contribution is -0.274. The van der Waals surface area contributed by atoms with Crippen molar-refractivity contribution < 1.29 is 27.5 Å². The first-order valence-electron chi connectivity index (χ1n) is 6.23. The number of urea groups is 1. The maximum Gasteiger partial charge on any atom is 0.573 e. The first-order valence-corrected chi connectivity index (χ1v) is 6.23. The molecule has 0 saturated carbocycles. The third kappa shape index (κ3) is 3.87. The molecule has 21 heavy (non-hydrogen) atoms. The van der Waals surface area contributed by atoms with Gasteiger partial charge in [-0.05, 0) is 30.2 Å². The van der Waals surface area contributed by atoms with Crippen LogP contribution >= 0.6 is 0 Å². The summed E-state index contributed by atoms with van der Waals surface area (Å²) >= 11 is 0. The van der Waals surface area contributed by atoms with Gasteiger partial charge >= 0.3 is 12.4 Å². The maximum atomic E-state index is 12.1. The highest BCUT2D eigenvalue weighted by Gasteiger charge is 2.32. The van der Waals surface area contributed by atoms with E-state index in [-0.39, 0.29) is 18.0 Å². The lowest BCUT2D eigenvalue weighted by atomic mass is 10.1. The van der Waals surface area contributed by atoms with E-state index in [9.17, 15) is 22.8 Å². The van der Waals surface area contributed by atoms with Crippen LogP contribution in [0.3, 0.4) is 0 Å². The van der Waals surface area contributed by atoms with Gasteiger partial charge in [0, 0.05) is 13.0 Å². The number of amides is 3. The molecule has 2 rings (SSSR count). The average Bonchev–Trinajstić information content (AvgIpc) is 2.48. The lowest BCUT2D eigenvalue weighted by Crippen LogP contribution is -2.41. The van der Waals surface area contributed by atoms with E-state index >= 15 is 0 Å². The van der Waals surface area contributed by atoms with E-state index in [1.54, 1.807) is 0 Å². The number of nitrogens with zero attached hydrogens (tertiary/aromatic N) is 1. The highest BCUT2D eigenvalue weighted by Crippen LogP contribution is 2.26. The van der Waals surface area contributed by atoms with Crippen LogP contribution in [0.4, 0.5) is 23.7 Å². The van der Waals surface area contributed by atoms with Crippen molar-refractivity contribution in [2.45, 2.75) is 19.7 Å². The van der Waals surface area contributed by atoms with E-state index in [0.717, 1.165) is 17.0 Å². The molecule has 0 radical (unpaired) electrons. The van der Waals surface area contributed by atoms with Crippen molar-refractivity contribution in [3.63, 3.8) is 0 Å². The van der Waals surface area contributed by atoms with Gasteiger partial charge in [0.15, 0.2) is 0 Å². The van der Waals surface area contributed by atoms with E-state index in [1.165, 1.54) is 12.1 Å². The number of hydrogen-bond donors (Lipinski definition) is 1. The minimum atomic E-state index is -4.78. The quantitative estimate of drug-likeness (QED) is 0.913. The van der Waals surface area contributed by atoms with Crippen molar-refractivity contribution in [1.29, 1.82) is 0 Å². The number of benzene rings is 1. The summed E-state index contributed by atoms with van der Waals surface area (Å²) in [6, 6.07) is 3.98. The predicted octanol–water partition coefficient (Wildman–Crippen LogP) is 2.67. The third-order valence-electron chi connectivity index (χ3n) is 2.91. The van der Waals surface area contributed by atoms with E-state index in [0.29, 0.717) is 6.54 Å². The summed E-state index contributed by atoms with van der Waals surface area (Å²) in [6.07, 6.45) is -4.60. The standard InChI is InChI=1S/C13H13F3N2O3/c1-8-6-11(19)18(12(20)17-7-8)9-2-4-10(5-3-9)21-13(14,15)16/h2-5,8H,6-7H2,1H3,(H,17,20). The van der Waals surface area contributed by atoms with Crippen LogP contribution in [0.25, 0.3) is 0 Å². The van der Waals surface area contributed by atoms with Crippen molar-refractivity contribution in [1.82, 2.24) is 5.32 Å². The molecule has 1 saturated heterocycles. The number of alkyl halides is 3. The normalized spacial score (nSPS) is 20.0. The van der Waals surface area contributed by atoms with Gasteiger partial charge in [-0.3, -0.25) is 4.79 Å². The molecule has 1 heterocycles. The molecule has 0 aromatic heterocycles. The summed E-state index contributed by atoms with van der Waals surface area (Å²) in [6.45, 7) is 2.19. The van der Waals surface area contributed by atoms with E-state index < -0.39 is 24.1 Å². The number of carbonyl (C=O) groups is 2. The molecule has 3 amide bonds. The molecule has 1 unspecified atom stereocenters. The molecule has 1 aliphatic heterocycles. The molecule has 8 heteroatoms. The second-order valence-corrected chi connectivity index (χ2v) is 4.77. The number of ether oxygens (including phenoxy) is 1. The Kier molecular flexibility index (Phi) is 4.06. The van der Waals surface area contributed by atoms with Crippen molar-refractivity contribution in [3.05, 3.63) is 24.3 Å². The van der Waals surface area contributed by atoms with E-state index in [2.05, 4.69) is 10.1 Å². The largest absolute Gasteiger partial charge is 0.573 e. The van der Waals surface area contributed by atoms with Gasteiger partial charge in [0.1, 0.15) is 5.75 Å². The zero-order valence-electron chi connectivity index (χ0n) is 11.1. The number of nitrogens with one attached hydrogen (secondary N) is 1. The summed E-state index contributed by atoms with van der Waals surface area (Å²) in [5.41, 5.74) is 0.195. The van der Waals surface area contributed by atoms with Crippen molar-refractivity contribution in [3.8, 4) is 5.75 Å². The van der Waals surface area contributed by atoms with Crippen molar-refractivity contribution in [2.24, 2.45) is 5.92 Å². The first-order chi connectivity index (χ1) is 9.76. The Morgan fingerprint density at radius 1 is 1.24 bits per heavy atom. The van der Waals surface area contributed by atoms with Crippen LogP contribution in [0.2, 0.25) is 0 Å². The zero-order chi connectivity index (χ0) is 15.6. The molecule has 5 nitrogen and oxygen atoms in total. The molecule has 0 spiro atoms. The summed E-state index contributed by atoms with van der Waals surface area (Å²) < 4.78 is 39.9. The molecule has 1 N–H and O–H groups in total. The van der Waals surface area contributed by atoms with Crippen LogP contribution in [0.5, 0.6) is 5.75 Å². The topological polar surface area (TPSA) is 58.6 Å². The number of carbonyl (C=O) groups excluding carboxylic acids is 2. The van der Waals surface area contributed by atoms with Crippen molar-refractivity contribution in [2.75, 3.05) is 11.4 Å². The number of imide groups is 1. The lowest BCUT2D eigenvalue weighted by Gasteiger charge is -2.19. The Balaban J connectivity index is 2.20. The highest BCUT2D eigenvalue weighted by atomic mass is 19.4. The summed E-state index contributed by atoms with van der Waals surface area (Å²) in [7, 11) is 0. The van der Waals surface area contributed by atoms with Gasteiger partial charge in [-0.1, -0.05) is 6.92 Å². The van der Waals surface area contributed by atoms with Gasteiger partial charge in [0.2, 0.25) is 5.91 Å². The minimum Gasteiger partial charge on any atom is -0.406 e. The molecular formula is C13H13F3N2O3. The van der Waals surface area contributed by atoms with E-state index in [1.807, 2.05) is 6.92 Å². The molecule has 0 aliphatic carbocycles. The minimum absolute atomic E-state index is 0.000661. The summed E-state index contributed by atoms with van der Waals surface area (Å²) in [4.78, 5) is 24.8. The fourth-order valence-electron chi connectivity index (χ4n) is 1.97. The van der Waals surface area contributed by atoms with Crippen LogP contribution in [0, 0.1) is 5.92 Å². The molecule has 1 aromatic rings.